The van der Waals surface area contributed by atoms with Gasteiger partial charge >= 0.3 is 0 Å². The van der Waals surface area contributed by atoms with Crippen molar-refractivity contribution < 1.29 is 4.79 Å². The third-order valence-electron chi connectivity index (χ3n) is 5.37. The molecule has 1 saturated heterocycles. The Labute approximate surface area is 123 Å². The van der Waals surface area contributed by atoms with Crippen LogP contribution in [0.2, 0.25) is 0 Å². The van der Waals surface area contributed by atoms with Crippen LogP contribution in [0, 0.1) is 11.8 Å². The molecule has 3 nitrogen and oxygen atoms in total. The van der Waals surface area contributed by atoms with Crippen LogP contribution >= 0.6 is 0 Å². The quantitative estimate of drug-likeness (QED) is 0.838. The molecule has 0 bridgehead atoms. The van der Waals surface area contributed by atoms with Crippen LogP contribution in [0.5, 0.6) is 0 Å². The Hall–Kier alpha value is -0.570. The first-order valence-electron chi connectivity index (χ1n) is 8.83. The summed E-state index contributed by atoms with van der Waals surface area (Å²) in [6.07, 6.45) is 12.6. The lowest BCUT2D eigenvalue weighted by Gasteiger charge is -2.37. The first-order valence-corrected chi connectivity index (χ1v) is 8.83. The maximum absolute atomic E-state index is 12.1. The summed E-state index contributed by atoms with van der Waals surface area (Å²) in [5.41, 5.74) is 0. The van der Waals surface area contributed by atoms with E-state index in [1.54, 1.807) is 0 Å². The summed E-state index contributed by atoms with van der Waals surface area (Å²) in [5.74, 6) is 1.73. The van der Waals surface area contributed by atoms with Gasteiger partial charge in [0.25, 0.3) is 0 Å². The highest BCUT2D eigenvalue weighted by Crippen LogP contribution is 2.33. The van der Waals surface area contributed by atoms with Crippen molar-refractivity contribution in [3.05, 3.63) is 0 Å². The number of hydrogen-bond donors (Lipinski definition) is 1. The standard InChI is InChI=1S/C17H30N2O/c20-17(12-14-8-9-14)18-16-7-3-2-6-15(16)13-19-10-4-1-5-11-19/h14-16H,1-13H2,(H,18,20). The van der Waals surface area contributed by atoms with Gasteiger partial charge in [-0.1, -0.05) is 19.3 Å². The van der Waals surface area contributed by atoms with Gasteiger partial charge in [0.15, 0.2) is 0 Å². The van der Waals surface area contributed by atoms with E-state index < -0.39 is 0 Å². The number of hydrogen-bond acceptors (Lipinski definition) is 2. The Kier molecular flexibility index (Phi) is 4.98. The van der Waals surface area contributed by atoms with Gasteiger partial charge in [-0.2, -0.15) is 0 Å². The topological polar surface area (TPSA) is 32.3 Å². The fourth-order valence-corrected chi connectivity index (χ4v) is 3.94. The highest BCUT2D eigenvalue weighted by Gasteiger charge is 2.30. The van der Waals surface area contributed by atoms with Crippen LogP contribution < -0.4 is 5.32 Å². The van der Waals surface area contributed by atoms with Crippen LogP contribution in [0.3, 0.4) is 0 Å². The molecule has 2 aliphatic carbocycles. The lowest BCUT2D eigenvalue weighted by molar-refractivity contribution is -0.122. The van der Waals surface area contributed by atoms with E-state index in [0.717, 1.165) is 6.42 Å². The van der Waals surface area contributed by atoms with Gasteiger partial charge in [-0.3, -0.25) is 4.79 Å². The zero-order valence-corrected chi connectivity index (χ0v) is 12.8. The minimum Gasteiger partial charge on any atom is -0.353 e. The fourth-order valence-electron chi connectivity index (χ4n) is 3.94. The molecule has 2 unspecified atom stereocenters. The molecule has 2 atom stereocenters. The van der Waals surface area contributed by atoms with Gasteiger partial charge in [-0.05, 0) is 63.5 Å². The van der Waals surface area contributed by atoms with Gasteiger partial charge in [0.1, 0.15) is 0 Å². The molecule has 0 aromatic heterocycles. The van der Waals surface area contributed by atoms with Crippen molar-refractivity contribution in [3.63, 3.8) is 0 Å². The average molecular weight is 278 g/mol. The molecule has 20 heavy (non-hydrogen) atoms. The summed E-state index contributed by atoms with van der Waals surface area (Å²) in [5, 5.41) is 3.36. The van der Waals surface area contributed by atoms with Crippen LogP contribution in [0.1, 0.15) is 64.2 Å². The van der Waals surface area contributed by atoms with Crippen LogP contribution in [0.4, 0.5) is 0 Å². The van der Waals surface area contributed by atoms with E-state index in [0.29, 0.717) is 23.8 Å². The predicted octanol–water partition coefficient (Wildman–Crippen LogP) is 2.95. The van der Waals surface area contributed by atoms with E-state index in [1.807, 2.05) is 0 Å². The summed E-state index contributed by atoms with van der Waals surface area (Å²) >= 11 is 0. The van der Waals surface area contributed by atoms with Crippen molar-refractivity contribution in [1.82, 2.24) is 10.2 Å². The zero-order valence-electron chi connectivity index (χ0n) is 12.8. The number of carbonyl (C=O) groups excluding carboxylic acids is 1. The van der Waals surface area contributed by atoms with Crippen molar-refractivity contribution in [3.8, 4) is 0 Å². The summed E-state index contributed by atoms with van der Waals surface area (Å²) in [7, 11) is 0. The highest BCUT2D eigenvalue weighted by atomic mass is 16.1. The number of nitrogens with zero attached hydrogens (tertiary/aromatic N) is 1. The Morgan fingerprint density at radius 2 is 1.70 bits per heavy atom. The van der Waals surface area contributed by atoms with E-state index in [-0.39, 0.29) is 0 Å². The van der Waals surface area contributed by atoms with Gasteiger partial charge in [0.2, 0.25) is 5.91 Å². The molecule has 3 heteroatoms. The lowest BCUT2D eigenvalue weighted by Crippen LogP contribution is -2.47. The van der Waals surface area contributed by atoms with Crippen LogP contribution in [0.15, 0.2) is 0 Å². The summed E-state index contributed by atoms with van der Waals surface area (Å²) in [6.45, 7) is 3.77. The third-order valence-corrected chi connectivity index (χ3v) is 5.37. The molecule has 1 heterocycles. The molecule has 1 aliphatic heterocycles. The van der Waals surface area contributed by atoms with E-state index >= 15 is 0 Å². The second kappa shape index (κ2) is 6.93. The monoisotopic (exact) mass is 278 g/mol. The minimum atomic E-state index is 0.322. The summed E-state index contributed by atoms with van der Waals surface area (Å²) < 4.78 is 0. The van der Waals surface area contributed by atoms with E-state index in [9.17, 15) is 4.79 Å². The number of piperidine rings is 1. The van der Waals surface area contributed by atoms with E-state index in [2.05, 4.69) is 10.2 Å². The Morgan fingerprint density at radius 1 is 0.950 bits per heavy atom. The van der Waals surface area contributed by atoms with Gasteiger partial charge < -0.3 is 10.2 Å². The third kappa shape index (κ3) is 4.21. The molecule has 0 aromatic carbocycles. The van der Waals surface area contributed by atoms with Crippen molar-refractivity contribution in [1.29, 1.82) is 0 Å². The number of amides is 1. The average Bonchev–Trinajstić information content (AvgIpc) is 3.26. The maximum Gasteiger partial charge on any atom is 0.220 e. The van der Waals surface area contributed by atoms with Gasteiger partial charge in [-0.15, -0.1) is 0 Å². The van der Waals surface area contributed by atoms with Gasteiger partial charge in [0.05, 0.1) is 0 Å². The minimum absolute atomic E-state index is 0.322. The van der Waals surface area contributed by atoms with E-state index in [4.69, 9.17) is 0 Å². The molecule has 3 aliphatic rings. The number of likely N-dealkylation sites (tertiary alicyclic amines) is 1. The Bertz CT molecular complexity index is 321. The van der Waals surface area contributed by atoms with Crippen molar-refractivity contribution >= 4 is 5.91 Å². The van der Waals surface area contributed by atoms with Gasteiger partial charge in [-0.25, -0.2) is 0 Å². The SMILES string of the molecule is O=C(CC1CC1)NC1CCCCC1CN1CCCCC1. The molecule has 1 amide bonds. The van der Waals surface area contributed by atoms with Crippen molar-refractivity contribution in [2.45, 2.75) is 70.3 Å². The normalized spacial score (nSPS) is 32.0. The molecule has 0 spiro atoms. The van der Waals surface area contributed by atoms with Crippen LogP contribution in [0.25, 0.3) is 0 Å². The number of carbonyl (C=O) groups is 1. The molecule has 3 fully saturated rings. The van der Waals surface area contributed by atoms with E-state index in [1.165, 1.54) is 77.4 Å². The first kappa shape index (κ1) is 14.4. The van der Waals surface area contributed by atoms with Crippen LogP contribution in [-0.4, -0.2) is 36.5 Å². The summed E-state index contributed by atoms with van der Waals surface area (Å²) in [4.78, 5) is 14.7. The predicted molar refractivity (Wildman–Crippen MR) is 81.5 cm³/mol. The molecular formula is C17H30N2O. The van der Waals surface area contributed by atoms with Crippen LogP contribution in [-0.2, 0) is 4.79 Å². The Balaban J connectivity index is 1.48. The molecule has 0 aromatic rings. The maximum atomic E-state index is 12.1. The molecule has 1 N–H and O–H groups in total. The highest BCUT2D eigenvalue weighted by molar-refractivity contribution is 5.76. The second-order valence-electron chi connectivity index (χ2n) is 7.23. The lowest BCUT2D eigenvalue weighted by atomic mass is 9.83. The number of rotatable bonds is 5. The smallest absolute Gasteiger partial charge is 0.220 e. The first-order chi connectivity index (χ1) is 9.81. The Morgan fingerprint density at radius 3 is 2.45 bits per heavy atom. The van der Waals surface area contributed by atoms with Gasteiger partial charge in [0, 0.05) is 19.0 Å². The molecule has 0 radical (unpaired) electrons. The molecule has 3 rings (SSSR count). The largest absolute Gasteiger partial charge is 0.353 e. The number of nitrogens with one attached hydrogen (secondary N) is 1. The van der Waals surface area contributed by atoms with Crippen molar-refractivity contribution in [2.75, 3.05) is 19.6 Å². The summed E-state index contributed by atoms with van der Waals surface area (Å²) in [6, 6.07) is 0.455. The molecule has 114 valence electrons. The molecular weight excluding hydrogens is 248 g/mol. The van der Waals surface area contributed by atoms with Crippen molar-refractivity contribution in [2.24, 2.45) is 11.8 Å². The fraction of sp³-hybridized carbons (Fsp3) is 0.941. The second-order valence-corrected chi connectivity index (χ2v) is 7.23. The zero-order chi connectivity index (χ0) is 13.8. The molecule has 2 saturated carbocycles.